The molecule has 118 valence electrons. The molecule has 2 rings (SSSR count). The van der Waals surface area contributed by atoms with Gasteiger partial charge in [0.1, 0.15) is 16.8 Å². The number of thioether (sulfide) groups is 1. The quantitative estimate of drug-likeness (QED) is 0.823. The van der Waals surface area contributed by atoms with Gasteiger partial charge in [0.15, 0.2) is 0 Å². The van der Waals surface area contributed by atoms with Crippen LogP contribution in [-0.2, 0) is 4.79 Å². The highest BCUT2D eigenvalue weighted by atomic mass is 32.2. The number of nitrogens with zero attached hydrogens (tertiary/aromatic N) is 2. The Bertz CT molecular complexity index is 724. The van der Waals surface area contributed by atoms with E-state index in [-0.39, 0.29) is 5.91 Å². The second-order valence-corrected chi connectivity index (χ2v) is 5.88. The Kier molecular flexibility index (Phi) is 6.01. The van der Waals surface area contributed by atoms with Gasteiger partial charge in [0.05, 0.1) is 12.7 Å². The molecule has 1 aromatic carbocycles. The number of carbonyl (C=O) groups excluding carboxylic acids is 1. The van der Waals surface area contributed by atoms with Crippen LogP contribution in [0.2, 0.25) is 0 Å². The molecule has 0 radical (unpaired) electrons. The fourth-order valence-electron chi connectivity index (χ4n) is 1.87. The first-order valence-corrected chi connectivity index (χ1v) is 8.05. The van der Waals surface area contributed by atoms with Gasteiger partial charge in [-0.3, -0.25) is 4.79 Å². The van der Waals surface area contributed by atoms with Gasteiger partial charge in [-0.1, -0.05) is 0 Å². The molecule has 0 aliphatic rings. The fraction of sp³-hybridized carbons (Fsp3) is 0.235. The van der Waals surface area contributed by atoms with E-state index in [0.717, 1.165) is 17.1 Å². The van der Waals surface area contributed by atoms with Crippen molar-refractivity contribution in [3.63, 3.8) is 0 Å². The summed E-state index contributed by atoms with van der Waals surface area (Å²) >= 11 is 1.42. The maximum atomic E-state index is 11.9. The van der Waals surface area contributed by atoms with Crippen LogP contribution < -0.4 is 10.1 Å². The number of pyridine rings is 1. The minimum absolute atomic E-state index is 0.0752. The van der Waals surface area contributed by atoms with Gasteiger partial charge in [-0.05, 0) is 43.3 Å². The second kappa shape index (κ2) is 8.20. The van der Waals surface area contributed by atoms with Crippen LogP contribution in [0.4, 0.5) is 5.69 Å². The average Bonchev–Trinajstić information content (AvgIpc) is 2.56. The van der Waals surface area contributed by atoms with E-state index in [0.29, 0.717) is 22.8 Å². The van der Waals surface area contributed by atoms with Crippen LogP contribution in [0.15, 0.2) is 41.4 Å². The Balaban J connectivity index is 1.85. The van der Waals surface area contributed by atoms with E-state index >= 15 is 0 Å². The minimum Gasteiger partial charge on any atom is -0.497 e. The molecule has 0 spiro atoms. The molecule has 1 heterocycles. The lowest BCUT2D eigenvalue weighted by Gasteiger charge is -2.07. The van der Waals surface area contributed by atoms with Crippen molar-refractivity contribution in [3.05, 3.63) is 47.7 Å². The molecule has 0 bridgehead atoms. The van der Waals surface area contributed by atoms with Gasteiger partial charge < -0.3 is 10.1 Å². The van der Waals surface area contributed by atoms with Crippen LogP contribution >= 0.6 is 11.8 Å². The summed E-state index contributed by atoms with van der Waals surface area (Å²) in [4.78, 5) is 16.3. The number of hydrogen-bond donors (Lipinski definition) is 1. The van der Waals surface area contributed by atoms with Crippen molar-refractivity contribution in [1.29, 1.82) is 5.26 Å². The molecular formula is C17H17N3O2S. The number of rotatable bonds is 6. The monoisotopic (exact) mass is 327 g/mol. The summed E-state index contributed by atoms with van der Waals surface area (Å²) < 4.78 is 5.07. The minimum atomic E-state index is -0.0752. The predicted molar refractivity (Wildman–Crippen MR) is 90.7 cm³/mol. The standard InChI is InChI=1S/C17H17N3O2S/c1-12-3-4-13(11-18)17(19-12)23-10-9-16(21)20-14-5-7-15(22-2)8-6-14/h3-8H,9-10H2,1-2H3,(H,20,21). The fourth-order valence-corrected chi connectivity index (χ4v) is 2.82. The van der Waals surface area contributed by atoms with Gasteiger partial charge in [-0.25, -0.2) is 4.98 Å². The zero-order chi connectivity index (χ0) is 16.7. The first-order chi connectivity index (χ1) is 11.1. The number of nitriles is 1. The van der Waals surface area contributed by atoms with E-state index in [1.54, 1.807) is 43.5 Å². The molecule has 0 atom stereocenters. The van der Waals surface area contributed by atoms with Crippen LogP contribution in [0, 0.1) is 18.3 Å². The maximum absolute atomic E-state index is 11.9. The molecule has 0 saturated carbocycles. The van der Waals surface area contributed by atoms with Gasteiger partial charge >= 0.3 is 0 Å². The van der Waals surface area contributed by atoms with Crippen molar-refractivity contribution in [2.24, 2.45) is 0 Å². The molecule has 1 N–H and O–H groups in total. The van der Waals surface area contributed by atoms with Gasteiger partial charge in [-0.15, -0.1) is 11.8 Å². The molecule has 1 aromatic heterocycles. The molecule has 23 heavy (non-hydrogen) atoms. The molecule has 2 aromatic rings. The number of methoxy groups -OCH3 is 1. The van der Waals surface area contributed by atoms with Crippen LogP contribution in [0.5, 0.6) is 5.75 Å². The average molecular weight is 327 g/mol. The predicted octanol–water partition coefficient (Wildman–Crippen LogP) is 3.39. The van der Waals surface area contributed by atoms with Crippen LogP contribution in [0.25, 0.3) is 0 Å². The van der Waals surface area contributed by atoms with Gasteiger partial charge in [-0.2, -0.15) is 5.26 Å². The van der Waals surface area contributed by atoms with E-state index in [2.05, 4.69) is 16.4 Å². The van der Waals surface area contributed by atoms with E-state index in [4.69, 9.17) is 10.00 Å². The third-order valence-corrected chi connectivity index (χ3v) is 4.05. The Hall–Kier alpha value is -2.52. The molecule has 0 fully saturated rings. The first kappa shape index (κ1) is 16.8. The summed E-state index contributed by atoms with van der Waals surface area (Å²) in [6.45, 7) is 1.88. The van der Waals surface area contributed by atoms with Crippen molar-refractivity contribution < 1.29 is 9.53 Å². The van der Waals surface area contributed by atoms with Crippen LogP contribution in [-0.4, -0.2) is 23.8 Å². The molecule has 1 amide bonds. The summed E-state index contributed by atoms with van der Waals surface area (Å²) in [5.41, 5.74) is 2.12. The largest absolute Gasteiger partial charge is 0.497 e. The number of amides is 1. The molecule has 6 heteroatoms. The lowest BCUT2D eigenvalue weighted by atomic mass is 10.3. The Labute approximate surface area is 139 Å². The highest BCUT2D eigenvalue weighted by molar-refractivity contribution is 7.99. The number of aryl methyl sites for hydroxylation is 1. The Morgan fingerprint density at radius 2 is 2.04 bits per heavy atom. The van der Waals surface area contributed by atoms with Crippen LogP contribution in [0.1, 0.15) is 17.7 Å². The Morgan fingerprint density at radius 1 is 1.30 bits per heavy atom. The summed E-state index contributed by atoms with van der Waals surface area (Å²) in [5.74, 6) is 1.23. The van der Waals surface area contributed by atoms with Gasteiger partial charge in [0.25, 0.3) is 0 Å². The summed E-state index contributed by atoms with van der Waals surface area (Å²) in [6, 6.07) is 12.8. The van der Waals surface area contributed by atoms with Crippen molar-refractivity contribution in [2.75, 3.05) is 18.2 Å². The number of anilines is 1. The van der Waals surface area contributed by atoms with Crippen molar-refractivity contribution in [3.8, 4) is 11.8 Å². The number of ether oxygens (including phenoxy) is 1. The number of carbonyl (C=O) groups is 1. The number of aromatic nitrogens is 1. The van der Waals surface area contributed by atoms with E-state index in [1.807, 2.05) is 6.92 Å². The van der Waals surface area contributed by atoms with Gasteiger partial charge in [0.2, 0.25) is 5.91 Å². The maximum Gasteiger partial charge on any atom is 0.225 e. The van der Waals surface area contributed by atoms with E-state index < -0.39 is 0 Å². The number of nitrogens with one attached hydrogen (secondary N) is 1. The van der Waals surface area contributed by atoms with Crippen LogP contribution in [0.3, 0.4) is 0 Å². The molecule has 5 nitrogen and oxygen atoms in total. The first-order valence-electron chi connectivity index (χ1n) is 7.07. The lowest BCUT2D eigenvalue weighted by Crippen LogP contribution is -2.12. The highest BCUT2D eigenvalue weighted by Gasteiger charge is 2.07. The summed E-state index contributed by atoms with van der Waals surface area (Å²) in [5, 5.41) is 12.6. The smallest absolute Gasteiger partial charge is 0.225 e. The molecule has 0 unspecified atom stereocenters. The molecule has 0 aliphatic carbocycles. The number of benzene rings is 1. The molecule has 0 saturated heterocycles. The molecular weight excluding hydrogens is 310 g/mol. The van der Waals surface area contributed by atoms with Crippen molar-refractivity contribution in [1.82, 2.24) is 4.98 Å². The van der Waals surface area contributed by atoms with Crippen molar-refractivity contribution >= 4 is 23.4 Å². The number of hydrogen-bond acceptors (Lipinski definition) is 5. The second-order valence-electron chi connectivity index (χ2n) is 4.79. The third kappa shape index (κ3) is 5.01. The lowest BCUT2D eigenvalue weighted by molar-refractivity contribution is -0.115. The topological polar surface area (TPSA) is 75.0 Å². The normalized spacial score (nSPS) is 9.96. The van der Waals surface area contributed by atoms with Gasteiger partial charge in [0, 0.05) is 23.6 Å². The van der Waals surface area contributed by atoms with Crippen molar-refractivity contribution in [2.45, 2.75) is 18.4 Å². The summed E-state index contributed by atoms with van der Waals surface area (Å²) in [7, 11) is 1.60. The molecule has 0 aliphatic heterocycles. The zero-order valence-electron chi connectivity index (χ0n) is 13.0. The SMILES string of the molecule is COc1ccc(NC(=O)CCSc2nc(C)ccc2C#N)cc1. The highest BCUT2D eigenvalue weighted by Crippen LogP contribution is 2.21. The van der Waals surface area contributed by atoms with E-state index in [9.17, 15) is 4.79 Å². The summed E-state index contributed by atoms with van der Waals surface area (Å²) in [6.07, 6.45) is 0.344. The third-order valence-electron chi connectivity index (χ3n) is 3.06. The zero-order valence-corrected chi connectivity index (χ0v) is 13.8. The Morgan fingerprint density at radius 3 is 2.70 bits per heavy atom. The van der Waals surface area contributed by atoms with E-state index in [1.165, 1.54) is 11.8 Å².